The molecular weight excluding hydrogens is 388 g/mol. The first-order valence-corrected chi connectivity index (χ1v) is 10.6. The van der Waals surface area contributed by atoms with E-state index in [1.165, 1.54) is 5.56 Å². The standard InChI is InChI=1S/C23H28N8/c1-15(2)18-6-5-7-19(10-18)29-23(26-13-24)31-9-8-30(12-17(31)4)22-20-16(3)11-25-21(20)27-14-28-22/h5-7,10-11,14-15,17H,8-9,12H2,1-4H3,(H,26,29)(H,25,27,28)/t17-/m0/s1. The summed E-state index contributed by atoms with van der Waals surface area (Å²) in [7, 11) is 0. The molecule has 0 aliphatic carbocycles. The summed E-state index contributed by atoms with van der Waals surface area (Å²) in [6.07, 6.45) is 5.54. The minimum atomic E-state index is 0.144. The molecular formula is C23H28N8. The van der Waals surface area contributed by atoms with Crippen LogP contribution in [-0.2, 0) is 0 Å². The lowest BCUT2D eigenvalue weighted by atomic mass is 10.0. The zero-order chi connectivity index (χ0) is 22.0. The second kappa shape index (κ2) is 8.64. The topological polar surface area (TPSA) is 96.2 Å². The number of aliphatic imine (C=N–C) groups is 1. The number of aromatic nitrogens is 3. The van der Waals surface area contributed by atoms with Crippen molar-refractivity contribution in [2.24, 2.45) is 4.99 Å². The minimum absolute atomic E-state index is 0.144. The molecule has 4 rings (SSSR count). The highest BCUT2D eigenvalue weighted by molar-refractivity contribution is 5.95. The maximum absolute atomic E-state index is 9.29. The highest BCUT2D eigenvalue weighted by atomic mass is 15.4. The zero-order valence-corrected chi connectivity index (χ0v) is 18.4. The molecule has 2 aromatic heterocycles. The SMILES string of the molecule is Cc1c[nH]c2ncnc(N3CCN(/C(=N/C#N)Nc4cccc(C(C)C)c4)[C@@H](C)C3)c12. The third-order valence-electron chi connectivity index (χ3n) is 5.81. The lowest BCUT2D eigenvalue weighted by molar-refractivity contribution is 0.297. The molecule has 0 radical (unpaired) electrons. The van der Waals surface area contributed by atoms with E-state index >= 15 is 0 Å². The van der Waals surface area contributed by atoms with Gasteiger partial charge in [-0.25, -0.2) is 9.97 Å². The number of fused-ring (bicyclic) bond motifs is 1. The third kappa shape index (κ3) is 4.17. The normalized spacial score (nSPS) is 17.3. The number of benzene rings is 1. The Morgan fingerprint density at radius 3 is 2.90 bits per heavy atom. The Morgan fingerprint density at radius 2 is 2.16 bits per heavy atom. The van der Waals surface area contributed by atoms with E-state index in [1.807, 2.05) is 24.5 Å². The summed E-state index contributed by atoms with van der Waals surface area (Å²) in [5, 5.41) is 13.7. The van der Waals surface area contributed by atoms with Crippen LogP contribution in [0, 0.1) is 18.4 Å². The molecule has 1 saturated heterocycles. The van der Waals surface area contributed by atoms with Gasteiger partial charge in [0.05, 0.1) is 5.39 Å². The fourth-order valence-corrected chi connectivity index (χ4v) is 4.12. The molecule has 1 fully saturated rings. The van der Waals surface area contributed by atoms with Crippen molar-refractivity contribution in [3.8, 4) is 6.19 Å². The van der Waals surface area contributed by atoms with Gasteiger partial charge in [-0.3, -0.25) is 0 Å². The van der Waals surface area contributed by atoms with Crippen LogP contribution in [0.4, 0.5) is 11.5 Å². The van der Waals surface area contributed by atoms with Crippen molar-refractivity contribution in [2.45, 2.75) is 39.7 Å². The molecule has 8 heteroatoms. The highest BCUT2D eigenvalue weighted by Gasteiger charge is 2.28. The smallest absolute Gasteiger partial charge is 0.214 e. The van der Waals surface area contributed by atoms with Crippen LogP contribution in [0.15, 0.2) is 41.8 Å². The number of aryl methyl sites for hydroxylation is 1. The number of rotatable bonds is 3. The number of H-pyrrole nitrogens is 1. The Morgan fingerprint density at radius 1 is 1.32 bits per heavy atom. The Labute approximate surface area is 182 Å². The Balaban J connectivity index is 1.54. The van der Waals surface area contributed by atoms with Gasteiger partial charge in [0.25, 0.3) is 0 Å². The number of guanidine groups is 1. The summed E-state index contributed by atoms with van der Waals surface area (Å²) < 4.78 is 0. The zero-order valence-electron chi connectivity index (χ0n) is 18.4. The van der Waals surface area contributed by atoms with Crippen LogP contribution in [0.3, 0.4) is 0 Å². The van der Waals surface area contributed by atoms with E-state index in [4.69, 9.17) is 0 Å². The van der Waals surface area contributed by atoms with E-state index < -0.39 is 0 Å². The van der Waals surface area contributed by atoms with E-state index in [-0.39, 0.29) is 6.04 Å². The number of hydrogen-bond acceptors (Lipinski definition) is 5. The molecule has 1 aromatic carbocycles. The van der Waals surface area contributed by atoms with Gasteiger partial charge >= 0.3 is 0 Å². The van der Waals surface area contributed by atoms with Gasteiger partial charge in [0.1, 0.15) is 17.8 Å². The van der Waals surface area contributed by atoms with Crippen LogP contribution in [0.5, 0.6) is 0 Å². The molecule has 160 valence electrons. The van der Waals surface area contributed by atoms with Crippen LogP contribution in [0.2, 0.25) is 0 Å². The van der Waals surface area contributed by atoms with Crippen molar-refractivity contribution in [3.05, 3.63) is 47.9 Å². The van der Waals surface area contributed by atoms with E-state index in [9.17, 15) is 5.26 Å². The molecule has 0 unspecified atom stereocenters. The average Bonchev–Trinajstić information content (AvgIpc) is 3.15. The van der Waals surface area contributed by atoms with Gasteiger partial charge in [0.2, 0.25) is 12.2 Å². The van der Waals surface area contributed by atoms with E-state index in [2.05, 4.69) is 74.9 Å². The number of hydrogen-bond donors (Lipinski definition) is 2. The average molecular weight is 417 g/mol. The molecule has 8 nitrogen and oxygen atoms in total. The molecule has 3 aromatic rings. The third-order valence-corrected chi connectivity index (χ3v) is 5.81. The van der Waals surface area contributed by atoms with E-state index in [0.717, 1.165) is 47.7 Å². The summed E-state index contributed by atoms with van der Waals surface area (Å²) in [6.45, 7) is 10.8. The summed E-state index contributed by atoms with van der Waals surface area (Å²) in [5.74, 6) is 1.97. The monoisotopic (exact) mass is 416 g/mol. The predicted octanol–water partition coefficient (Wildman–Crippen LogP) is 3.85. The first kappa shape index (κ1) is 20.7. The molecule has 0 amide bonds. The highest BCUT2D eigenvalue weighted by Crippen LogP contribution is 2.28. The van der Waals surface area contributed by atoms with Gasteiger partial charge in [-0.05, 0) is 43.0 Å². The van der Waals surface area contributed by atoms with Gasteiger partial charge in [-0.1, -0.05) is 26.0 Å². The summed E-state index contributed by atoms with van der Waals surface area (Å²) in [4.78, 5) is 20.7. The van der Waals surface area contributed by atoms with Crippen LogP contribution >= 0.6 is 0 Å². The number of nitrogens with zero attached hydrogens (tertiary/aromatic N) is 6. The van der Waals surface area contributed by atoms with Gasteiger partial charge in [-0.2, -0.15) is 5.26 Å². The van der Waals surface area contributed by atoms with Gasteiger partial charge in [-0.15, -0.1) is 4.99 Å². The lowest BCUT2D eigenvalue weighted by Crippen LogP contribution is -2.56. The quantitative estimate of drug-likeness (QED) is 0.382. The lowest BCUT2D eigenvalue weighted by Gasteiger charge is -2.41. The molecule has 31 heavy (non-hydrogen) atoms. The second-order valence-electron chi connectivity index (χ2n) is 8.32. The van der Waals surface area contributed by atoms with Crippen LogP contribution in [0.25, 0.3) is 11.0 Å². The van der Waals surface area contributed by atoms with Crippen molar-refractivity contribution in [2.75, 3.05) is 29.9 Å². The molecule has 0 spiro atoms. The number of aromatic amines is 1. The summed E-state index contributed by atoms with van der Waals surface area (Å²) in [6, 6.07) is 8.41. The first-order valence-electron chi connectivity index (χ1n) is 10.6. The molecule has 2 N–H and O–H groups in total. The fraction of sp³-hybridized carbons (Fsp3) is 0.391. The minimum Gasteiger partial charge on any atom is -0.352 e. The van der Waals surface area contributed by atoms with Crippen molar-refractivity contribution in [1.82, 2.24) is 19.9 Å². The van der Waals surface area contributed by atoms with Crippen LogP contribution < -0.4 is 10.2 Å². The molecule has 1 atom stereocenters. The molecule has 3 heterocycles. The Kier molecular flexibility index (Phi) is 5.76. The van der Waals surface area contributed by atoms with Crippen LogP contribution in [-0.4, -0.2) is 51.5 Å². The van der Waals surface area contributed by atoms with Crippen LogP contribution in [0.1, 0.15) is 37.8 Å². The molecule has 1 aliphatic heterocycles. The first-order chi connectivity index (χ1) is 15.0. The number of nitrogens with one attached hydrogen (secondary N) is 2. The van der Waals surface area contributed by atoms with Crippen molar-refractivity contribution in [3.63, 3.8) is 0 Å². The van der Waals surface area contributed by atoms with Gasteiger partial charge < -0.3 is 20.1 Å². The maximum atomic E-state index is 9.29. The summed E-state index contributed by atoms with van der Waals surface area (Å²) in [5.41, 5.74) is 4.18. The molecule has 1 aliphatic rings. The summed E-state index contributed by atoms with van der Waals surface area (Å²) >= 11 is 0. The molecule has 0 bridgehead atoms. The number of anilines is 2. The number of nitriles is 1. The largest absolute Gasteiger partial charge is 0.352 e. The number of piperazine rings is 1. The Bertz CT molecular complexity index is 1140. The second-order valence-corrected chi connectivity index (χ2v) is 8.32. The predicted molar refractivity (Wildman–Crippen MR) is 124 cm³/mol. The van der Waals surface area contributed by atoms with Crippen molar-refractivity contribution >= 4 is 28.5 Å². The van der Waals surface area contributed by atoms with E-state index in [0.29, 0.717) is 11.9 Å². The van der Waals surface area contributed by atoms with Gasteiger partial charge in [0.15, 0.2) is 0 Å². The van der Waals surface area contributed by atoms with Crippen molar-refractivity contribution < 1.29 is 0 Å². The van der Waals surface area contributed by atoms with Gasteiger partial charge in [0, 0.05) is 37.6 Å². The Hall–Kier alpha value is -3.60. The van der Waals surface area contributed by atoms with Crippen molar-refractivity contribution in [1.29, 1.82) is 5.26 Å². The molecule has 0 saturated carbocycles. The van der Waals surface area contributed by atoms with E-state index in [1.54, 1.807) is 6.33 Å². The fourth-order valence-electron chi connectivity index (χ4n) is 4.12. The maximum Gasteiger partial charge on any atom is 0.214 e.